The molecule has 0 unspecified atom stereocenters. The molecule has 0 spiro atoms. The minimum absolute atomic E-state index is 0.0946. The number of nitrogens with two attached hydrogens (primary N) is 1. The summed E-state index contributed by atoms with van der Waals surface area (Å²) in [4.78, 5) is 18.7. The number of rotatable bonds is 7. The van der Waals surface area contributed by atoms with Gasteiger partial charge in [0.05, 0.1) is 16.3 Å². The number of nitrogens with zero attached hydrogens (tertiary/aromatic N) is 5. The fourth-order valence-electron chi connectivity index (χ4n) is 3.83. The van der Waals surface area contributed by atoms with Gasteiger partial charge in [-0.3, -0.25) is 9.38 Å². The van der Waals surface area contributed by atoms with E-state index < -0.39 is 10.0 Å². The Morgan fingerprint density at radius 1 is 0.914 bits per heavy atom. The molecule has 35 heavy (non-hydrogen) atoms. The first-order valence-electron chi connectivity index (χ1n) is 11.0. The second-order valence-corrected chi connectivity index (χ2v) is 9.59. The van der Waals surface area contributed by atoms with Crippen molar-refractivity contribution in [2.75, 3.05) is 11.9 Å². The van der Waals surface area contributed by atoms with E-state index in [1.54, 1.807) is 18.3 Å². The molecular weight excluding hydrogens is 462 g/mol. The van der Waals surface area contributed by atoms with E-state index in [0.29, 0.717) is 18.9 Å². The quantitative estimate of drug-likeness (QED) is 0.361. The maximum Gasteiger partial charge on any atom is 0.238 e. The zero-order chi connectivity index (χ0) is 24.4. The lowest BCUT2D eigenvalue weighted by molar-refractivity contribution is 0.598. The molecule has 4 aromatic heterocycles. The molecule has 0 atom stereocenters. The molecule has 0 aliphatic carbocycles. The van der Waals surface area contributed by atoms with Crippen LogP contribution in [0.3, 0.4) is 0 Å². The van der Waals surface area contributed by atoms with Gasteiger partial charge in [-0.1, -0.05) is 24.3 Å². The number of primary sulfonamides is 1. The Balaban J connectivity index is 1.41. The molecule has 10 heteroatoms. The lowest BCUT2D eigenvalue weighted by Gasteiger charge is -2.09. The zero-order valence-electron chi connectivity index (χ0n) is 19.0. The van der Waals surface area contributed by atoms with Gasteiger partial charge < -0.3 is 5.32 Å². The summed E-state index contributed by atoms with van der Waals surface area (Å²) in [6.07, 6.45) is 4.32. The summed E-state index contributed by atoms with van der Waals surface area (Å²) >= 11 is 0. The van der Waals surface area contributed by atoms with Crippen LogP contribution in [0.15, 0.2) is 84.0 Å². The third-order valence-corrected chi connectivity index (χ3v) is 6.44. The smallest absolute Gasteiger partial charge is 0.238 e. The summed E-state index contributed by atoms with van der Waals surface area (Å²) in [6.45, 7) is 2.52. The van der Waals surface area contributed by atoms with Crippen molar-refractivity contribution in [1.82, 2.24) is 24.3 Å². The lowest BCUT2D eigenvalue weighted by atomic mass is 10.1. The van der Waals surface area contributed by atoms with E-state index in [1.165, 1.54) is 12.1 Å². The molecule has 9 nitrogen and oxygen atoms in total. The van der Waals surface area contributed by atoms with E-state index in [2.05, 4.69) is 15.3 Å². The van der Waals surface area contributed by atoms with Crippen LogP contribution in [0.2, 0.25) is 0 Å². The van der Waals surface area contributed by atoms with Gasteiger partial charge in [-0.2, -0.15) is 0 Å². The third-order valence-electron chi connectivity index (χ3n) is 5.51. The normalized spacial score (nSPS) is 11.6. The van der Waals surface area contributed by atoms with Gasteiger partial charge in [-0.05, 0) is 61.4 Å². The Hall–Kier alpha value is -4.15. The second-order valence-electron chi connectivity index (χ2n) is 8.03. The van der Waals surface area contributed by atoms with E-state index in [0.717, 1.165) is 39.7 Å². The van der Waals surface area contributed by atoms with Gasteiger partial charge in [-0.15, -0.1) is 0 Å². The monoisotopic (exact) mass is 485 g/mol. The third kappa shape index (κ3) is 4.88. The van der Waals surface area contributed by atoms with Crippen molar-refractivity contribution < 1.29 is 8.42 Å². The first-order valence-corrected chi connectivity index (χ1v) is 12.5. The molecule has 4 heterocycles. The number of nitrogens with one attached hydrogen (secondary N) is 1. The topological polar surface area (TPSA) is 128 Å². The van der Waals surface area contributed by atoms with E-state index >= 15 is 0 Å². The molecule has 0 radical (unpaired) electrons. The molecule has 5 aromatic rings. The Morgan fingerprint density at radius 3 is 2.51 bits per heavy atom. The number of aromatic nitrogens is 5. The first kappa shape index (κ1) is 22.6. The van der Waals surface area contributed by atoms with Crippen molar-refractivity contribution in [3.05, 3.63) is 90.4 Å². The van der Waals surface area contributed by atoms with Crippen LogP contribution in [0.1, 0.15) is 11.3 Å². The molecule has 0 saturated carbocycles. The highest BCUT2D eigenvalue weighted by Crippen LogP contribution is 2.31. The van der Waals surface area contributed by atoms with Gasteiger partial charge in [0.25, 0.3) is 0 Å². The number of hydrogen-bond donors (Lipinski definition) is 2. The summed E-state index contributed by atoms with van der Waals surface area (Å²) in [5, 5.41) is 8.41. The minimum atomic E-state index is -3.70. The Morgan fingerprint density at radius 2 is 1.74 bits per heavy atom. The molecule has 0 aliphatic heterocycles. The highest BCUT2D eigenvalue weighted by molar-refractivity contribution is 7.89. The van der Waals surface area contributed by atoms with E-state index in [-0.39, 0.29) is 4.90 Å². The molecule has 0 fully saturated rings. The molecule has 0 bridgehead atoms. The van der Waals surface area contributed by atoms with Crippen molar-refractivity contribution in [1.29, 1.82) is 0 Å². The molecule has 0 saturated heterocycles. The first-order chi connectivity index (χ1) is 16.9. The lowest BCUT2D eigenvalue weighted by Crippen LogP contribution is -2.12. The average Bonchev–Trinajstić information content (AvgIpc) is 3.24. The van der Waals surface area contributed by atoms with Crippen molar-refractivity contribution in [2.24, 2.45) is 5.14 Å². The van der Waals surface area contributed by atoms with Gasteiger partial charge in [0, 0.05) is 24.6 Å². The van der Waals surface area contributed by atoms with Gasteiger partial charge in [0.1, 0.15) is 17.0 Å². The second kappa shape index (κ2) is 9.24. The number of aryl methyl sites for hydroxylation is 1. The van der Waals surface area contributed by atoms with Crippen molar-refractivity contribution in [3.8, 4) is 22.8 Å². The van der Waals surface area contributed by atoms with Gasteiger partial charge >= 0.3 is 0 Å². The van der Waals surface area contributed by atoms with Gasteiger partial charge in [0.2, 0.25) is 16.0 Å². The number of pyridine rings is 2. The number of sulfonamides is 1. The van der Waals surface area contributed by atoms with Gasteiger partial charge in [-0.25, -0.2) is 28.5 Å². The molecule has 0 aliphatic rings. The highest BCUT2D eigenvalue weighted by Gasteiger charge is 2.18. The van der Waals surface area contributed by atoms with E-state index in [9.17, 15) is 8.42 Å². The standard InChI is InChI=1S/C25H23N7O2S/c1-17-5-4-6-20(29-17)23-24(32-16-3-2-7-22(32)31-23)21-13-15-28-25(30-21)27-14-12-18-8-10-19(11-9-18)35(26,33)34/h2-11,13,15-16H,12,14H2,1H3,(H2,26,33,34)(H,27,28,30). The number of imidazole rings is 1. The molecule has 3 N–H and O–H groups in total. The van der Waals surface area contributed by atoms with Crippen LogP contribution >= 0.6 is 0 Å². The van der Waals surface area contributed by atoms with Crippen LogP contribution in [0.5, 0.6) is 0 Å². The molecule has 1 aromatic carbocycles. The van der Waals surface area contributed by atoms with Crippen molar-refractivity contribution in [3.63, 3.8) is 0 Å². The highest BCUT2D eigenvalue weighted by atomic mass is 32.2. The Labute approximate surface area is 202 Å². The van der Waals surface area contributed by atoms with Crippen LogP contribution in [0, 0.1) is 6.92 Å². The van der Waals surface area contributed by atoms with Crippen LogP contribution in [0.4, 0.5) is 5.95 Å². The average molecular weight is 486 g/mol. The zero-order valence-corrected chi connectivity index (χ0v) is 19.8. The van der Waals surface area contributed by atoms with Gasteiger partial charge in [0.15, 0.2) is 0 Å². The number of benzene rings is 1. The summed E-state index contributed by atoms with van der Waals surface area (Å²) < 4.78 is 24.8. The van der Waals surface area contributed by atoms with Crippen molar-refractivity contribution >= 4 is 21.6 Å². The maximum atomic E-state index is 11.4. The largest absolute Gasteiger partial charge is 0.354 e. The molecule has 5 rings (SSSR count). The number of anilines is 1. The van der Waals surface area contributed by atoms with Crippen LogP contribution in [0.25, 0.3) is 28.4 Å². The number of hydrogen-bond acceptors (Lipinski definition) is 7. The SMILES string of the molecule is Cc1cccc(-c2nc3ccccn3c2-c2ccnc(NCCc3ccc(S(N)(=O)=O)cc3)n2)n1. The van der Waals surface area contributed by atoms with E-state index in [1.807, 2.05) is 60.0 Å². The van der Waals surface area contributed by atoms with Crippen LogP contribution < -0.4 is 10.5 Å². The fourth-order valence-corrected chi connectivity index (χ4v) is 4.35. The summed E-state index contributed by atoms with van der Waals surface area (Å²) in [5.74, 6) is 0.484. The van der Waals surface area contributed by atoms with Crippen LogP contribution in [-0.2, 0) is 16.4 Å². The molecule has 176 valence electrons. The predicted octanol–water partition coefficient (Wildman–Crippen LogP) is 3.46. The Kier molecular flexibility index (Phi) is 5.98. The fraction of sp³-hybridized carbons (Fsp3) is 0.120. The molecule has 0 amide bonds. The number of fused-ring (bicyclic) bond motifs is 1. The van der Waals surface area contributed by atoms with E-state index in [4.69, 9.17) is 15.1 Å². The summed E-state index contributed by atoms with van der Waals surface area (Å²) in [6, 6.07) is 20.1. The minimum Gasteiger partial charge on any atom is -0.354 e. The van der Waals surface area contributed by atoms with Crippen LogP contribution in [-0.4, -0.2) is 39.3 Å². The Bertz CT molecular complexity index is 1610. The van der Waals surface area contributed by atoms with Crippen molar-refractivity contribution in [2.45, 2.75) is 18.2 Å². The summed E-state index contributed by atoms with van der Waals surface area (Å²) in [5.41, 5.74) is 5.76. The summed E-state index contributed by atoms with van der Waals surface area (Å²) in [7, 11) is -3.70. The maximum absolute atomic E-state index is 11.4. The molecular formula is C25H23N7O2S. The predicted molar refractivity (Wildman–Crippen MR) is 134 cm³/mol.